The highest BCUT2D eigenvalue weighted by atomic mass is 16.6. The number of hydrogen-bond donors (Lipinski definition) is 2. The van der Waals surface area contributed by atoms with Crippen LogP contribution < -0.4 is 10.6 Å². The number of carbonyl (C=O) groups excluding carboxylic acids is 2. The Hall–Kier alpha value is -2.12. The van der Waals surface area contributed by atoms with Crippen LogP contribution in [0.3, 0.4) is 0 Å². The third kappa shape index (κ3) is 6.52. The van der Waals surface area contributed by atoms with E-state index < -0.39 is 11.7 Å². The molecule has 27 heavy (non-hydrogen) atoms. The summed E-state index contributed by atoms with van der Waals surface area (Å²) in [5.74, 6) is -0.0186. The molecule has 0 saturated carbocycles. The standard InChI is InChI=1S/C20H32N4O3/c1-14-15(2)17(22-19(26)27-20(3,4)5)8-7-16(14)21-18(25)13-24-11-9-23(6)10-12-24/h7-8H,9-13H2,1-6H3,(H,21,25)(H,22,26). The normalized spacial score (nSPS) is 16.1. The number of carbonyl (C=O) groups is 2. The average molecular weight is 377 g/mol. The van der Waals surface area contributed by atoms with E-state index in [9.17, 15) is 9.59 Å². The summed E-state index contributed by atoms with van der Waals surface area (Å²) < 4.78 is 5.29. The Bertz CT molecular complexity index is 689. The summed E-state index contributed by atoms with van der Waals surface area (Å²) in [6.45, 7) is 13.5. The van der Waals surface area contributed by atoms with Crippen LogP contribution in [0.5, 0.6) is 0 Å². The smallest absolute Gasteiger partial charge is 0.412 e. The Morgan fingerprint density at radius 3 is 2.04 bits per heavy atom. The second kappa shape index (κ2) is 8.71. The van der Waals surface area contributed by atoms with E-state index in [4.69, 9.17) is 4.74 Å². The fourth-order valence-corrected chi connectivity index (χ4v) is 2.90. The van der Waals surface area contributed by atoms with Crippen molar-refractivity contribution in [2.24, 2.45) is 0 Å². The molecule has 1 aromatic rings. The molecule has 1 heterocycles. The second-order valence-electron chi connectivity index (χ2n) is 8.17. The molecule has 0 spiro atoms. The molecule has 0 bridgehead atoms. The summed E-state index contributed by atoms with van der Waals surface area (Å²) in [4.78, 5) is 28.8. The lowest BCUT2D eigenvalue weighted by atomic mass is 10.1. The number of likely N-dealkylation sites (N-methyl/N-ethyl adjacent to an activating group) is 1. The molecule has 1 fully saturated rings. The molecule has 0 atom stereocenters. The van der Waals surface area contributed by atoms with Crippen molar-refractivity contribution < 1.29 is 14.3 Å². The number of hydrogen-bond acceptors (Lipinski definition) is 5. The molecule has 1 saturated heterocycles. The molecule has 150 valence electrons. The predicted octanol–water partition coefficient (Wildman–Crippen LogP) is 2.84. The summed E-state index contributed by atoms with van der Waals surface area (Å²) in [7, 11) is 2.09. The second-order valence-corrected chi connectivity index (χ2v) is 8.17. The number of anilines is 2. The van der Waals surface area contributed by atoms with E-state index in [1.807, 2.05) is 40.7 Å². The molecule has 2 N–H and O–H groups in total. The number of rotatable bonds is 4. The molecule has 0 radical (unpaired) electrons. The van der Waals surface area contributed by atoms with Gasteiger partial charge in [-0.25, -0.2) is 4.79 Å². The van der Waals surface area contributed by atoms with E-state index in [2.05, 4.69) is 27.5 Å². The van der Waals surface area contributed by atoms with Crippen molar-refractivity contribution in [2.75, 3.05) is 50.4 Å². The van der Waals surface area contributed by atoms with Gasteiger partial charge in [-0.05, 0) is 64.9 Å². The number of nitrogens with zero attached hydrogens (tertiary/aromatic N) is 2. The summed E-state index contributed by atoms with van der Waals surface area (Å²) in [6.07, 6.45) is -0.489. The molecule has 7 nitrogen and oxygen atoms in total. The van der Waals surface area contributed by atoms with Crippen LogP contribution in [0.25, 0.3) is 0 Å². The van der Waals surface area contributed by atoms with E-state index in [1.165, 1.54) is 0 Å². The minimum atomic E-state index is -0.551. The van der Waals surface area contributed by atoms with E-state index in [0.717, 1.165) is 43.0 Å². The zero-order valence-corrected chi connectivity index (χ0v) is 17.3. The highest BCUT2D eigenvalue weighted by Gasteiger charge is 2.19. The van der Waals surface area contributed by atoms with Gasteiger partial charge >= 0.3 is 6.09 Å². The predicted molar refractivity (Wildman–Crippen MR) is 108 cm³/mol. The minimum Gasteiger partial charge on any atom is -0.444 e. The topological polar surface area (TPSA) is 73.9 Å². The highest BCUT2D eigenvalue weighted by molar-refractivity contribution is 5.94. The van der Waals surface area contributed by atoms with Gasteiger partial charge in [-0.15, -0.1) is 0 Å². The Morgan fingerprint density at radius 1 is 1.00 bits per heavy atom. The maximum absolute atomic E-state index is 12.4. The average Bonchev–Trinajstić information content (AvgIpc) is 2.55. The van der Waals surface area contributed by atoms with E-state index in [1.54, 1.807) is 6.07 Å². The van der Waals surface area contributed by atoms with Gasteiger partial charge in [0.25, 0.3) is 0 Å². The lowest BCUT2D eigenvalue weighted by Crippen LogP contribution is -2.47. The van der Waals surface area contributed by atoms with Crippen LogP contribution in [0.4, 0.5) is 16.2 Å². The monoisotopic (exact) mass is 376 g/mol. The first-order chi connectivity index (χ1) is 12.5. The minimum absolute atomic E-state index is 0.0186. The van der Waals surface area contributed by atoms with Crippen molar-refractivity contribution in [3.63, 3.8) is 0 Å². The quantitative estimate of drug-likeness (QED) is 0.845. The van der Waals surface area contributed by atoms with Crippen LogP contribution in [0, 0.1) is 13.8 Å². The van der Waals surface area contributed by atoms with Crippen LogP contribution in [0.1, 0.15) is 31.9 Å². The van der Waals surface area contributed by atoms with Crippen LogP contribution in [0.2, 0.25) is 0 Å². The summed E-state index contributed by atoms with van der Waals surface area (Å²) in [5, 5.41) is 5.76. The molecule has 7 heteroatoms. The van der Waals surface area contributed by atoms with Crippen LogP contribution >= 0.6 is 0 Å². The summed E-state index contributed by atoms with van der Waals surface area (Å²) in [6, 6.07) is 3.61. The molecule has 0 aromatic heterocycles. The number of ether oxygens (including phenoxy) is 1. The van der Waals surface area contributed by atoms with Gasteiger partial charge in [0.1, 0.15) is 5.60 Å². The number of piperazine rings is 1. The van der Waals surface area contributed by atoms with Gasteiger partial charge in [0, 0.05) is 37.6 Å². The SMILES string of the molecule is Cc1c(NC(=O)CN2CCN(C)CC2)ccc(NC(=O)OC(C)(C)C)c1C. The fraction of sp³-hybridized carbons (Fsp3) is 0.600. The fourth-order valence-electron chi connectivity index (χ4n) is 2.90. The van der Waals surface area contributed by atoms with Crippen LogP contribution in [-0.4, -0.2) is 67.2 Å². The number of benzene rings is 1. The molecule has 0 aliphatic carbocycles. The highest BCUT2D eigenvalue weighted by Crippen LogP contribution is 2.26. The molecule has 0 unspecified atom stereocenters. The van der Waals surface area contributed by atoms with Gasteiger partial charge in [-0.3, -0.25) is 15.0 Å². The zero-order valence-electron chi connectivity index (χ0n) is 17.3. The Balaban J connectivity index is 1.97. The molecule has 1 aliphatic heterocycles. The van der Waals surface area contributed by atoms with E-state index in [-0.39, 0.29) is 5.91 Å². The molecular weight excluding hydrogens is 344 g/mol. The summed E-state index contributed by atoms with van der Waals surface area (Å²) >= 11 is 0. The third-order valence-electron chi connectivity index (χ3n) is 4.66. The van der Waals surface area contributed by atoms with Gasteiger partial charge in [0.2, 0.25) is 5.91 Å². The maximum atomic E-state index is 12.4. The Kier molecular flexibility index (Phi) is 6.84. The van der Waals surface area contributed by atoms with E-state index >= 15 is 0 Å². The third-order valence-corrected chi connectivity index (χ3v) is 4.66. The van der Waals surface area contributed by atoms with Crippen molar-refractivity contribution in [1.29, 1.82) is 0 Å². The van der Waals surface area contributed by atoms with Gasteiger partial charge in [0.05, 0.1) is 6.54 Å². The number of amides is 2. The maximum Gasteiger partial charge on any atom is 0.412 e. The van der Waals surface area contributed by atoms with Gasteiger partial charge in [0.15, 0.2) is 0 Å². The van der Waals surface area contributed by atoms with Crippen molar-refractivity contribution >= 4 is 23.4 Å². The molecular formula is C20H32N4O3. The lowest BCUT2D eigenvalue weighted by Gasteiger charge is -2.31. The lowest BCUT2D eigenvalue weighted by molar-refractivity contribution is -0.117. The first-order valence-corrected chi connectivity index (χ1v) is 9.36. The molecule has 2 rings (SSSR count). The van der Waals surface area contributed by atoms with Crippen molar-refractivity contribution in [3.8, 4) is 0 Å². The Labute approximate surface area is 162 Å². The van der Waals surface area contributed by atoms with E-state index in [0.29, 0.717) is 12.2 Å². The number of nitrogens with one attached hydrogen (secondary N) is 2. The molecule has 1 aromatic carbocycles. The largest absolute Gasteiger partial charge is 0.444 e. The van der Waals surface area contributed by atoms with Crippen molar-refractivity contribution in [1.82, 2.24) is 9.80 Å². The molecule has 2 amide bonds. The first kappa shape index (κ1) is 21.2. The van der Waals surface area contributed by atoms with Crippen molar-refractivity contribution in [3.05, 3.63) is 23.3 Å². The summed E-state index contributed by atoms with van der Waals surface area (Å²) in [5.41, 5.74) is 2.72. The van der Waals surface area contributed by atoms with Crippen LogP contribution in [0.15, 0.2) is 12.1 Å². The Morgan fingerprint density at radius 2 is 1.52 bits per heavy atom. The van der Waals surface area contributed by atoms with Gasteiger partial charge in [-0.1, -0.05) is 0 Å². The molecule has 1 aliphatic rings. The van der Waals surface area contributed by atoms with Crippen LogP contribution in [-0.2, 0) is 9.53 Å². The van der Waals surface area contributed by atoms with Crippen molar-refractivity contribution in [2.45, 2.75) is 40.2 Å². The zero-order chi connectivity index (χ0) is 20.2. The van der Waals surface area contributed by atoms with Gasteiger partial charge < -0.3 is 15.0 Å². The van der Waals surface area contributed by atoms with Gasteiger partial charge in [-0.2, -0.15) is 0 Å². The first-order valence-electron chi connectivity index (χ1n) is 9.36.